The van der Waals surface area contributed by atoms with Crippen LogP contribution in [0.4, 0.5) is 5.69 Å². The number of carboxylic acid groups (broad SMARTS) is 2. The lowest BCUT2D eigenvalue weighted by Gasteiger charge is -2.34. The van der Waals surface area contributed by atoms with E-state index >= 15 is 0 Å². The number of anilines is 1. The van der Waals surface area contributed by atoms with Gasteiger partial charge in [-0.2, -0.15) is 0 Å². The Morgan fingerprint density at radius 2 is 2.05 bits per heavy atom. The molecule has 0 saturated heterocycles. The van der Waals surface area contributed by atoms with Gasteiger partial charge in [-0.25, -0.2) is 9.59 Å². The molecule has 0 unspecified atom stereocenters. The molecule has 3 N–H and O–H groups in total. The van der Waals surface area contributed by atoms with E-state index in [9.17, 15) is 14.7 Å². The summed E-state index contributed by atoms with van der Waals surface area (Å²) in [7, 11) is 0. The molecule has 2 aliphatic rings. The average Bonchev–Trinajstić information content (AvgIpc) is 2.86. The Bertz CT molecular complexity index is 593. The number of carbonyl (C=O) groups is 2. The molecule has 5 heteroatoms. The zero-order chi connectivity index (χ0) is 13.6. The fourth-order valence-corrected chi connectivity index (χ4v) is 2.97. The lowest BCUT2D eigenvalue weighted by Crippen LogP contribution is -2.41. The van der Waals surface area contributed by atoms with E-state index in [1.807, 2.05) is 12.2 Å². The number of nitrogens with one attached hydrogen (secondary N) is 1. The maximum atomic E-state index is 11.3. The van der Waals surface area contributed by atoms with Gasteiger partial charge in [-0.3, -0.25) is 0 Å². The standard InChI is InChI=1S/C14H13NO4/c16-13(17)7-4-5-11-10(6-7)8-2-1-3-9(8)12(15-11)14(18)19/h1-2,4-6,8-9,12,15H,3H2,(H,16,17)(H,18,19)/t8-,9+,12+/m0/s1. The molecule has 1 aromatic carbocycles. The zero-order valence-electron chi connectivity index (χ0n) is 10.0. The fraction of sp³-hybridized carbons (Fsp3) is 0.286. The zero-order valence-corrected chi connectivity index (χ0v) is 10.0. The minimum atomic E-state index is -0.971. The van der Waals surface area contributed by atoms with Crippen LogP contribution in [0.15, 0.2) is 30.4 Å². The number of aliphatic carboxylic acids is 1. The van der Waals surface area contributed by atoms with Crippen molar-refractivity contribution in [2.45, 2.75) is 18.4 Å². The van der Waals surface area contributed by atoms with E-state index in [0.717, 1.165) is 5.56 Å². The van der Waals surface area contributed by atoms with E-state index in [4.69, 9.17) is 5.11 Å². The second-order valence-corrected chi connectivity index (χ2v) is 4.92. The van der Waals surface area contributed by atoms with Crippen molar-refractivity contribution in [2.24, 2.45) is 5.92 Å². The first-order valence-corrected chi connectivity index (χ1v) is 6.11. The Hall–Kier alpha value is -2.30. The van der Waals surface area contributed by atoms with Gasteiger partial charge in [0.15, 0.2) is 0 Å². The molecule has 3 rings (SSSR count). The maximum Gasteiger partial charge on any atom is 0.335 e. The topological polar surface area (TPSA) is 86.6 Å². The maximum absolute atomic E-state index is 11.3. The lowest BCUT2D eigenvalue weighted by atomic mass is 9.79. The first-order valence-electron chi connectivity index (χ1n) is 6.11. The van der Waals surface area contributed by atoms with Gasteiger partial charge in [0, 0.05) is 17.5 Å². The van der Waals surface area contributed by atoms with Crippen molar-refractivity contribution >= 4 is 17.6 Å². The van der Waals surface area contributed by atoms with Crippen LogP contribution in [-0.4, -0.2) is 28.2 Å². The lowest BCUT2D eigenvalue weighted by molar-refractivity contribution is -0.139. The number of fused-ring (bicyclic) bond motifs is 3. The van der Waals surface area contributed by atoms with Gasteiger partial charge in [-0.15, -0.1) is 0 Å². The highest BCUT2D eigenvalue weighted by Crippen LogP contribution is 2.44. The Kier molecular flexibility index (Phi) is 2.55. The summed E-state index contributed by atoms with van der Waals surface area (Å²) < 4.78 is 0. The van der Waals surface area contributed by atoms with Crippen molar-refractivity contribution in [3.05, 3.63) is 41.5 Å². The molecule has 98 valence electrons. The molecule has 0 fully saturated rings. The van der Waals surface area contributed by atoms with Crippen LogP contribution in [0.5, 0.6) is 0 Å². The highest BCUT2D eigenvalue weighted by Gasteiger charge is 2.40. The smallest absolute Gasteiger partial charge is 0.335 e. The van der Waals surface area contributed by atoms with Crippen LogP contribution in [-0.2, 0) is 4.79 Å². The van der Waals surface area contributed by atoms with Crippen molar-refractivity contribution in [3.8, 4) is 0 Å². The number of hydrogen-bond acceptors (Lipinski definition) is 3. The summed E-state index contributed by atoms with van der Waals surface area (Å²) >= 11 is 0. The van der Waals surface area contributed by atoms with Gasteiger partial charge in [0.2, 0.25) is 0 Å². The Labute approximate surface area is 109 Å². The summed E-state index contributed by atoms with van der Waals surface area (Å²) in [6.45, 7) is 0. The monoisotopic (exact) mass is 259 g/mol. The number of aromatic carboxylic acids is 1. The molecular formula is C14H13NO4. The van der Waals surface area contributed by atoms with Crippen molar-refractivity contribution in [3.63, 3.8) is 0 Å². The van der Waals surface area contributed by atoms with Crippen molar-refractivity contribution < 1.29 is 19.8 Å². The Morgan fingerprint density at radius 1 is 1.26 bits per heavy atom. The van der Waals surface area contributed by atoms with Gasteiger partial charge in [0.1, 0.15) is 6.04 Å². The van der Waals surface area contributed by atoms with E-state index in [1.54, 1.807) is 12.1 Å². The summed E-state index contributed by atoms with van der Waals surface area (Å²) in [5, 5.41) is 21.3. The number of allylic oxidation sites excluding steroid dienone is 2. The molecule has 1 aromatic rings. The molecule has 0 bridgehead atoms. The van der Waals surface area contributed by atoms with Crippen LogP contribution >= 0.6 is 0 Å². The van der Waals surface area contributed by atoms with E-state index in [-0.39, 0.29) is 17.4 Å². The SMILES string of the molecule is O=C(O)c1ccc2c(c1)[C@H]1C=CC[C@H]1[C@H](C(=O)O)N2. The highest BCUT2D eigenvalue weighted by molar-refractivity contribution is 5.89. The van der Waals surface area contributed by atoms with Crippen LogP contribution < -0.4 is 5.32 Å². The minimum Gasteiger partial charge on any atom is -0.480 e. The van der Waals surface area contributed by atoms with Gasteiger partial charge in [0.25, 0.3) is 0 Å². The first-order chi connectivity index (χ1) is 9.08. The molecule has 0 saturated carbocycles. The molecule has 5 nitrogen and oxygen atoms in total. The molecule has 0 aromatic heterocycles. The minimum absolute atomic E-state index is 0.0170. The predicted molar refractivity (Wildman–Crippen MR) is 68.4 cm³/mol. The summed E-state index contributed by atoms with van der Waals surface area (Å²) in [5.74, 6) is -1.90. The molecule has 1 aliphatic carbocycles. The van der Waals surface area contributed by atoms with Gasteiger partial charge in [-0.05, 0) is 30.2 Å². The van der Waals surface area contributed by atoms with Gasteiger partial charge >= 0.3 is 11.9 Å². The first kappa shape index (κ1) is 11.8. The Morgan fingerprint density at radius 3 is 2.74 bits per heavy atom. The average molecular weight is 259 g/mol. The van der Waals surface area contributed by atoms with Gasteiger partial charge < -0.3 is 15.5 Å². The van der Waals surface area contributed by atoms with Crippen LogP contribution in [0.3, 0.4) is 0 Å². The molecule has 1 aliphatic heterocycles. The summed E-state index contributed by atoms with van der Waals surface area (Å²) in [4.78, 5) is 22.3. The fourth-order valence-electron chi connectivity index (χ4n) is 2.97. The van der Waals surface area contributed by atoms with Crippen LogP contribution in [0.1, 0.15) is 28.3 Å². The molecule has 0 radical (unpaired) electrons. The van der Waals surface area contributed by atoms with Gasteiger partial charge in [0.05, 0.1) is 5.56 Å². The van der Waals surface area contributed by atoms with E-state index in [1.165, 1.54) is 6.07 Å². The molecule has 3 atom stereocenters. The number of benzene rings is 1. The second-order valence-electron chi connectivity index (χ2n) is 4.92. The Balaban J connectivity index is 2.08. The van der Waals surface area contributed by atoms with E-state index < -0.39 is 18.0 Å². The van der Waals surface area contributed by atoms with Gasteiger partial charge in [-0.1, -0.05) is 12.2 Å². The summed E-state index contributed by atoms with van der Waals surface area (Å²) in [6.07, 6.45) is 4.65. The third kappa shape index (κ3) is 1.78. The van der Waals surface area contributed by atoms with Crippen LogP contribution in [0.25, 0.3) is 0 Å². The second kappa shape index (κ2) is 4.12. The number of carboxylic acids is 2. The molecule has 0 amide bonds. The van der Waals surface area contributed by atoms with Crippen molar-refractivity contribution in [1.29, 1.82) is 0 Å². The summed E-state index contributed by atoms with van der Waals surface area (Å²) in [6, 6.07) is 4.15. The molecular weight excluding hydrogens is 246 g/mol. The third-order valence-corrected chi connectivity index (χ3v) is 3.88. The highest BCUT2D eigenvalue weighted by atomic mass is 16.4. The van der Waals surface area contributed by atoms with Crippen molar-refractivity contribution in [2.75, 3.05) is 5.32 Å². The molecule has 1 heterocycles. The van der Waals surface area contributed by atoms with Crippen LogP contribution in [0, 0.1) is 5.92 Å². The normalized spacial score (nSPS) is 27.3. The molecule has 0 spiro atoms. The number of hydrogen-bond donors (Lipinski definition) is 3. The van der Waals surface area contributed by atoms with Crippen molar-refractivity contribution in [1.82, 2.24) is 0 Å². The third-order valence-electron chi connectivity index (χ3n) is 3.88. The number of rotatable bonds is 2. The van der Waals surface area contributed by atoms with E-state index in [2.05, 4.69) is 5.32 Å². The quantitative estimate of drug-likeness (QED) is 0.706. The van der Waals surface area contributed by atoms with Crippen LogP contribution in [0.2, 0.25) is 0 Å². The van der Waals surface area contributed by atoms with E-state index in [0.29, 0.717) is 12.1 Å². The summed E-state index contributed by atoms with van der Waals surface area (Å²) in [5.41, 5.74) is 1.81. The predicted octanol–water partition coefficient (Wildman–Crippen LogP) is 1.92. The molecule has 19 heavy (non-hydrogen) atoms. The largest absolute Gasteiger partial charge is 0.480 e.